The highest BCUT2D eigenvalue weighted by Crippen LogP contribution is 2.20. The van der Waals surface area contributed by atoms with Crippen molar-refractivity contribution in [3.05, 3.63) is 48.5 Å². The number of carbonyl (C=O) groups is 1. The van der Waals surface area contributed by atoms with Crippen LogP contribution in [0.4, 0.5) is 5.95 Å². The van der Waals surface area contributed by atoms with Gasteiger partial charge in [-0.2, -0.15) is 0 Å². The summed E-state index contributed by atoms with van der Waals surface area (Å²) < 4.78 is 0. The highest BCUT2D eigenvalue weighted by atomic mass is 16.1. The van der Waals surface area contributed by atoms with Crippen molar-refractivity contribution in [3.8, 4) is 0 Å². The van der Waals surface area contributed by atoms with E-state index in [2.05, 4.69) is 30.2 Å². The minimum absolute atomic E-state index is 0.00578. The summed E-state index contributed by atoms with van der Waals surface area (Å²) in [7, 11) is 0. The summed E-state index contributed by atoms with van der Waals surface area (Å²) in [5.41, 5.74) is 2.05. The second kappa shape index (κ2) is 8.16. The number of carbonyl (C=O) groups excluding carboxylic acids is 1. The Morgan fingerprint density at radius 3 is 2.93 bits per heavy atom. The normalized spacial score (nSPS) is 17.2. The summed E-state index contributed by atoms with van der Waals surface area (Å²) in [4.78, 5) is 31.1. The van der Waals surface area contributed by atoms with Crippen molar-refractivity contribution in [1.29, 1.82) is 0 Å². The summed E-state index contributed by atoms with van der Waals surface area (Å²) in [6.45, 7) is 2.24. The van der Waals surface area contributed by atoms with Gasteiger partial charge in [-0.3, -0.25) is 4.79 Å². The number of benzene rings is 1. The lowest BCUT2D eigenvalue weighted by Gasteiger charge is -2.31. The van der Waals surface area contributed by atoms with Gasteiger partial charge in [0.25, 0.3) is 0 Å². The van der Waals surface area contributed by atoms with E-state index in [1.54, 1.807) is 18.5 Å². The molecule has 0 aliphatic carbocycles. The lowest BCUT2D eigenvalue weighted by molar-refractivity contribution is -0.125. The van der Waals surface area contributed by atoms with Crippen LogP contribution in [0.1, 0.15) is 25.1 Å². The van der Waals surface area contributed by atoms with E-state index in [4.69, 9.17) is 0 Å². The van der Waals surface area contributed by atoms with Gasteiger partial charge in [-0.25, -0.2) is 15.0 Å². The predicted molar refractivity (Wildman–Crippen MR) is 104 cm³/mol. The number of nitrogens with zero attached hydrogens (tertiary/aromatic N) is 4. The van der Waals surface area contributed by atoms with Gasteiger partial charge in [0.05, 0.1) is 17.0 Å². The van der Waals surface area contributed by atoms with E-state index < -0.39 is 0 Å². The molecule has 1 fully saturated rings. The summed E-state index contributed by atoms with van der Waals surface area (Å²) in [5.74, 6) is 1.80. The van der Waals surface area contributed by atoms with Crippen LogP contribution in [0.3, 0.4) is 0 Å². The summed E-state index contributed by atoms with van der Waals surface area (Å²) in [6, 6.07) is 9.82. The highest BCUT2D eigenvalue weighted by molar-refractivity contribution is 5.79. The highest BCUT2D eigenvalue weighted by Gasteiger charge is 2.26. The van der Waals surface area contributed by atoms with E-state index in [1.165, 1.54) is 0 Å². The molecule has 1 saturated heterocycles. The van der Waals surface area contributed by atoms with Crippen LogP contribution in [0.15, 0.2) is 42.7 Å². The average molecular weight is 364 g/mol. The fourth-order valence-corrected chi connectivity index (χ4v) is 3.56. The second-order valence-corrected chi connectivity index (χ2v) is 6.93. The van der Waals surface area contributed by atoms with Gasteiger partial charge in [-0.1, -0.05) is 12.1 Å². The number of para-hydroxylation sites is 2. The van der Waals surface area contributed by atoms with Gasteiger partial charge >= 0.3 is 0 Å². The molecule has 1 amide bonds. The quantitative estimate of drug-likeness (QED) is 0.656. The largest absolute Gasteiger partial charge is 0.356 e. The van der Waals surface area contributed by atoms with Crippen LogP contribution in [0.5, 0.6) is 0 Å². The van der Waals surface area contributed by atoms with Gasteiger partial charge in [0.1, 0.15) is 5.82 Å². The number of amides is 1. The van der Waals surface area contributed by atoms with Gasteiger partial charge in [0, 0.05) is 38.4 Å². The van der Waals surface area contributed by atoms with E-state index in [0.717, 1.165) is 49.1 Å². The van der Waals surface area contributed by atoms with E-state index >= 15 is 0 Å². The molecule has 0 bridgehead atoms. The van der Waals surface area contributed by atoms with E-state index in [-0.39, 0.29) is 11.8 Å². The Hall–Kier alpha value is -2.96. The van der Waals surface area contributed by atoms with Crippen LogP contribution in [0, 0.1) is 5.92 Å². The van der Waals surface area contributed by atoms with Gasteiger partial charge in [-0.05, 0) is 37.5 Å². The van der Waals surface area contributed by atoms with E-state index in [9.17, 15) is 4.79 Å². The third kappa shape index (κ3) is 4.24. The molecule has 27 heavy (non-hydrogen) atoms. The Morgan fingerprint density at radius 2 is 2.07 bits per heavy atom. The fourth-order valence-electron chi connectivity index (χ4n) is 3.56. The Kier molecular flexibility index (Phi) is 5.27. The van der Waals surface area contributed by atoms with Crippen LogP contribution in [-0.2, 0) is 11.2 Å². The minimum Gasteiger partial charge on any atom is -0.356 e. The minimum atomic E-state index is -0.00578. The number of anilines is 1. The standard InChI is InChI=1S/C20H24N6O/c27-19(15-6-4-13-26(14-15)20-22-11-5-12-23-20)21-10-3-9-18-24-16-7-1-2-8-17(16)25-18/h1-2,5,7-8,11-12,15H,3-4,6,9-10,13-14H2,(H,21,27)(H,24,25)/t15-/m1/s1. The lowest BCUT2D eigenvalue weighted by Crippen LogP contribution is -2.43. The molecule has 1 aliphatic rings. The molecule has 140 valence electrons. The van der Waals surface area contributed by atoms with Crippen molar-refractivity contribution in [2.24, 2.45) is 5.92 Å². The van der Waals surface area contributed by atoms with Gasteiger partial charge in [-0.15, -0.1) is 0 Å². The lowest BCUT2D eigenvalue weighted by atomic mass is 9.97. The van der Waals surface area contributed by atoms with Gasteiger partial charge in [0.15, 0.2) is 0 Å². The maximum absolute atomic E-state index is 12.5. The molecule has 7 nitrogen and oxygen atoms in total. The number of rotatable bonds is 6. The van der Waals surface area contributed by atoms with E-state index in [1.807, 2.05) is 24.3 Å². The third-order valence-electron chi connectivity index (χ3n) is 4.96. The van der Waals surface area contributed by atoms with Crippen LogP contribution in [0.2, 0.25) is 0 Å². The van der Waals surface area contributed by atoms with Crippen molar-refractivity contribution in [2.75, 3.05) is 24.5 Å². The summed E-state index contributed by atoms with van der Waals surface area (Å²) in [5, 5.41) is 3.08. The van der Waals surface area contributed by atoms with Crippen LogP contribution in [-0.4, -0.2) is 45.5 Å². The van der Waals surface area contributed by atoms with Gasteiger partial charge < -0.3 is 15.2 Å². The Bertz CT molecular complexity index is 861. The van der Waals surface area contributed by atoms with Crippen LogP contribution < -0.4 is 10.2 Å². The first-order valence-electron chi connectivity index (χ1n) is 9.53. The summed E-state index contributed by atoms with van der Waals surface area (Å²) in [6.07, 6.45) is 7.07. The molecule has 7 heteroatoms. The first kappa shape index (κ1) is 17.5. The van der Waals surface area contributed by atoms with Gasteiger partial charge in [0.2, 0.25) is 11.9 Å². The number of nitrogens with one attached hydrogen (secondary N) is 2. The molecule has 0 unspecified atom stereocenters. The predicted octanol–water partition coefficient (Wildman–Crippen LogP) is 2.32. The molecular formula is C20H24N6O. The number of aromatic nitrogens is 4. The second-order valence-electron chi connectivity index (χ2n) is 6.93. The zero-order valence-electron chi connectivity index (χ0n) is 15.3. The number of imidazole rings is 1. The SMILES string of the molecule is O=C(NCCCc1nc2ccccc2[nH]1)[C@@H]1CCCN(c2ncccn2)C1. The average Bonchev–Trinajstić information content (AvgIpc) is 3.15. The molecule has 1 aliphatic heterocycles. The topological polar surface area (TPSA) is 86.8 Å². The Morgan fingerprint density at radius 1 is 1.22 bits per heavy atom. The number of H-pyrrole nitrogens is 1. The zero-order valence-corrected chi connectivity index (χ0v) is 15.3. The molecule has 2 aromatic heterocycles. The van der Waals surface area contributed by atoms with Crippen molar-refractivity contribution in [1.82, 2.24) is 25.3 Å². The molecule has 0 spiro atoms. The molecule has 1 atom stereocenters. The number of piperidine rings is 1. The Labute approximate surface area is 158 Å². The molecule has 3 heterocycles. The van der Waals surface area contributed by atoms with Crippen molar-refractivity contribution < 1.29 is 4.79 Å². The number of fused-ring (bicyclic) bond motifs is 1. The Balaban J connectivity index is 1.24. The molecular weight excluding hydrogens is 340 g/mol. The molecule has 3 aromatic rings. The molecule has 2 N–H and O–H groups in total. The smallest absolute Gasteiger partial charge is 0.225 e. The van der Waals surface area contributed by atoms with E-state index in [0.29, 0.717) is 19.0 Å². The van der Waals surface area contributed by atoms with Crippen molar-refractivity contribution >= 4 is 22.9 Å². The maximum atomic E-state index is 12.5. The number of hydrogen-bond donors (Lipinski definition) is 2. The van der Waals surface area contributed by atoms with Crippen molar-refractivity contribution in [2.45, 2.75) is 25.7 Å². The maximum Gasteiger partial charge on any atom is 0.225 e. The summed E-state index contributed by atoms with van der Waals surface area (Å²) >= 11 is 0. The number of aryl methyl sites for hydroxylation is 1. The van der Waals surface area contributed by atoms with Crippen molar-refractivity contribution in [3.63, 3.8) is 0 Å². The molecule has 1 aromatic carbocycles. The van der Waals surface area contributed by atoms with Crippen LogP contribution >= 0.6 is 0 Å². The monoisotopic (exact) mass is 364 g/mol. The van der Waals surface area contributed by atoms with Crippen LogP contribution in [0.25, 0.3) is 11.0 Å². The molecule has 0 saturated carbocycles. The third-order valence-corrected chi connectivity index (χ3v) is 4.96. The molecule has 4 rings (SSSR count). The number of hydrogen-bond acceptors (Lipinski definition) is 5. The molecule has 0 radical (unpaired) electrons. The fraction of sp³-hybridized carbons (Fsp3) is 0.400. The number of aromatic amines is 1. The first-order valence-corrected chi connectivity index (χ1v) is 9.53. The first-order chi connectivity index (χ1) is 13.3. The zero-order chi connectivity index (χ0) is 18.5.